The quantitative estimate of drug-likeness (QED) is 0.775. The zero-order valence-corrected chi connectivity index (χ0v) is 12.1. The van der Waals surface area contributed by atoms with E-state index in [0.717, 1.165) is 24.9 Å². The van der Waals surface area contributed by atoms with Gasteiger partial charge < -0.3 is 4.90 Å². The van der Waals surface area contributed by atoms with Gasteiger partial charge >= 0.3 is 0 Å². The van der Waals surface area contributed by atoms with Crippen LogP contribution in [0.3, 0.4) is 0 Å². The Balaban J connectivity index is 2.01. The molecular formula is C14H17Cl2NO. The maximum atomic E-state index is 12.2. The van der Waals surface area contributed by atoms with Crippen molar-refractivity contribution in [3.05, 3.63) is 34.3 Å². The number of aryl methyl sites for hydroxylation is 1. The maximum absolute atomic E-state index is 12.2. The number of carbonyl (C=O) groups is 1. The second kappa shape index (κ2) is 5.50. The van der Waals surface area contributed by atoms with E-state index in [1.807, 2.05) is 26.1 Å². The fraction of sp³-hybridized carbons (Fsp3) is 0.500. The molecule has 0 N–H and O–H groups in total. The third kappa shape index (κ3) is 2.99. The van der Waals surface area contributed by atoms with E-state index in [1.54, 1.807) is 11.0 Å². The van der Waals surface area contributed by atoms with Crippen LogP contribution in [0.15, 0.2) is 18.2 Å². The topological polar surface area (TPSA) is 20.3 Å². The van der Waals surface area contributed by atoms with Crippen LogP contribution in [-0.2, 0) is 0 Å². The van der Waals surface area contributed by atoms with Gasteiger partial charge in [-0.25, -0.2) is 0 Å². The van der Waals surface area contributed by atoms with E-state index in [0.29, 0.717) is 21.9 Å². The summed E-state index contributed by atoms with van der Waals surface area (Å²) in [7, 11) is 1.82. The van der Waals surface area contributed by atoms with E-state index in [2.05, 4.69) is 0 Å². The van der Waals surface area contributed by atoms with E-state index in [1.165, 1.54) is 0 Å². The monoisotopic (exact) mass is 285 g/mol. The van der Waals surface area contributed by atoms with Crippen molar-refractivity contribution in [3.63, 3.8) is 0 Å². The minimum atomic E-state index is -0.0157. The zero-order valence-electron chi connectivity index (χ0n) is 10.6. The lowest BCUT2D eigenvalue weighted by atomic mass is 9.84. The SMILES string of the molecule is Cc1ccc(C(=O)N(C)CC2CC(Cl)C2)c(Cl)c1. The first-order valence-electron chi connectivity index (χ1n) is 6.13. The summed E-state index contributed by atoms with van der Waals surface area (Å²) in [5.41, 5.74) is 1.63. The lowest BCUT2D eigenvalue weighted by molar-refractivity contribution is 0.0747. The molecule has 1 aliphatic rings. The van der Waals surface area contributed by atoms with Gasteiger partial charge in [0.05, 0.1) is 10.6 Å². The van der Waals surface area contributed by atoms with Crippen LogP contribution in [0.5, 0.6) is 0 Å². The number of rotatable bonds is 3. The number of carbonyl (C=O) groups excluding carboxylic acids is 1. The number of hydrogen-bond donors (Lipinski definition) is 0. The van der Waals surface area contributed by atoms with Crippen LogP contribution in [0.25, 0.3) is 0 Å². The van der Waals surface area contributed by atoms with Gasteiger partial charge in [0.15, 0.2) is 0 Å². The summed E-state index contributed by atoms with van der Waals surface area (Å²) in [5, 5.41) is 0.817. The van der Waals surface area contributed by atoms with E-state index in [-0.39, 0.29) is 5.91 Å². The molecule has 0 spiro atoms. The molecule has 1 saturated carbocycles. The molecule has 0 saturated heterocycles. The molecule has 2 rings (SSSR count). The van der Waals surface area contributed by atoms with Crippen molar-refractivity contribution in [1.82, 2.24) is 4.90 Å². The van der Waals surface area contributed by atoms with Crippen LogP contribution in [-0.4, -0.2) is 29.8 Å². The van der Waals surface area contributed by atoms with Crippen LogP contribution in [0.2, 0.25) is 5.02 Å². The normalized spacial score (nSPS) is 22.4. The molecule has 0 radical (unpaired) electrons. The summed E-state index contributed by atoms with van der Waals surface area (Å²) in [6, 6.07) is 5.52. The number of halogens is 2. The van der Waals surface area contributed by atoms with Crippen LogP contribution in [0.1, 0.15) is 28.8 Å². The highest BCUT2D eigenvalue weighted by molar-refractivity contribution is 6.33. The second-order valence-electron chi connectivity index (χ2n) is 5.10. The van der Waals surface area contributed by atoms with Crippen molar-refractivity contribution in [1.29, 1.82) is 0 Å². The molecule has 1 aliphatic carbocycles. The highest BCUT2D eigenvalue weighted by atomic mass is 35.5. The van der Waals surface area contributed by atoms with E-state index < -0.39 is 0 Å². The predicted octanol–water partition coefficient (Wildman–Crippen LogP) is 3.74. The number of hydrogen-bond acceptors (Lipinski definition) is 1. The summed E-state index contributed by atoms with van der Waals surface area (Å²) in [5.74, 6) is 0.517. The summed E-state index contributed by atoms with van der Waals surface area (Å²) in [6.07, 6.45) is 2.00. The van der Waals surface area contributed by atoms with Crippen molar-refractivity contribution >= 4 is 29.1 Å². The average Bonchev–Trinajstić information content (AvgIpc) is 2.26. The molecule has 98 valence electrons. The fourth-order valence-electron chi connectivity index (χ4n) is 2.27. The first-order chi connectivity index (χ1) is 8.47. The molecule has 0 aliphatic heterocycles. The second-order valence-corrected chi connectivity index (χ2v) is 6.13. The van der Waals surface area contributed by atoms with Gasteiger partial charge in [0, 0.05) is 19.0 Å². The van der Waals surface area contributed by atoms with Gasteiger partial charge in [-0.05, 0) is 43.4 Å². The number of nitrogens with zero attached hydrogens (tertiary/aromatic N) is 1. The van der Waals surface area contributed by atoms with E-state index in [9.17, 15) is 4.79 Å². The summed E-state index contributed by atoms with van der Waals surface area (Å²) in [6.45, 7) is 2.71. The Labute approximate surface area is 118 Å². The van der Waals surface area contributed by atoms with Crippen LogP contribution < -0.4 is 0 Å². The van der Waals surface area contributed by atoms with Gasteiger partial charge in [-0.15, -0.1) is 11.6 Å². The molecule has 1 fully saturated rings. The van der Waals surface area contributed by atoms with Gasteiger partial charge in [0.25, 0.3) is 5.91 Å². The molecule has 1 amide bonds. The van der Waals surface area contributed by atoms with Gasteiger partial charge in [-0.2, -0.15) is 0 Å². The Morgan fingerprint density at radius 2 is 2.11 bits per heavy atom. The summed E-state index contributed by atoms with van der Waals surface area (Å²) in [4.78, 5) is 14.0. The van der Waals surface area contributed by atoms with Gasteiger partial charge in [0.1, 0.15) is 0 Å². The minimum Gasteiger partial charge on any atom is -0.341 e. The molecule has 4 heteroatoms. The largest absolute Gasteiger partial charge is 0.341 e. The Morgan fingerprint density at radius 1 is 1.44 bits per heavy atom. The lowest BCUT2D eigenvalue weighted by Gasteiger charge is -2.34. The Hall–Kier alpha value is -0.730. The number of alkyl halides is 1. The molecule has 1 aromatic rings. The highest BCUT2D eigenvalue weighted by Crippen LogP contribution is 2.32. The molecule has 18 heavy (non-hydrogen) atoms. The number of amides is 1. The molecular weight excluding hydrogens is 269 g/mol. The standard InChI is InChI=1S/C14H17Cl2NO/c1-9-3-4-12(13(16)5-9)14(18)17(2)8-10-6-11(15)7-10/h3-5,10-11H,6-8H2,1-2H3. The predicted molar refractivity (Wildman–Crippen MR) is 75.5 cm³/mol. The minimum absolute atomic E-state index is 0.0157. The molecule has 0 unspecified atom stereocenters. The molecule has 1 aromatic carbocycles. The molecule has 0 bridgehead atoms. The maximum Gasteiger partial charge on any atom is 0.255 e. The smallest absolute Gasteiger partial charge is 0.255 e. The Bertz CT molecular complexity index is 455. The molecule has 0 heterocycles. The van der Waals surface area contributed by atoms with Crippen molar-refractivity contribution in [3.8, 4) is 0 Å². The van der Waals surface area contributed by atoms with Crippen molar-refractivity contribution in [2.24, 2.45) is 5.92 Å². The summed E-state index contributed by atoms with van der Waals surface area (Å²) >= 11 is 12.0. The van der Waals surface area contributed by atoms with Gasteiger partial charge in [0.2, 0.25) is 0 Å². The van der Waals surface area contributed by atoms with E-state index in [4.69, 9.17) is 23.2 Å². The molecule has 0 atom stereocenters. The van der Waals surface area contributed by atoms with Gasteiger partial charge in [-0.3, -0.25) is 4.79 Å². The van der Waals surface area contributed by atoms with Crippen molar-refractivity contribution < 1.29 is 4.79 Å². The Kier molecular flexibility index (Phi) is 4.18. The number of benzene rings is 1. The zero-order chi connectivity index (χ0) is 13.3. The fourth-order valence-corrected chi connectivity index (χ4v) is 3.09. The molecule has 0 aromatic heterocycles. The van der Waals surface area contributed by atoms with Crippen LogP contribution in [0.4, 0.5) is 0 Å². The van der Waals surface area contributed by atoms with E-state index >= 15 is 0 Å². The van der Waals surface area contributed by atoms with Crippen molar-refractivity contribution in [2.75, 3.05) is 13.6 Å². The third-order valence-electron chi connectivity index (χ3n) is 3.41. The highest BCUT2D eigenvalue weighted by Gasteiger charge is 2.29. The van der Waals surface area contributed by atoms with Crippen LogP contribution >= 0.6 is 23.2 Å². The third-order valence-corrected chi connectivity index (χ3v) is 4.08. The van der Waals surface area contributed by atoms with Crippen LogP contribution in [0, 0.1) is 12.8 Å². The van der Waals surface area contributed by atoms with Gasteiger partial charge in [-0.1, -0.05) is 17.7 Å². The van der Waals surface area contributed by atoms with Crippen molar-refractivity contribution in [2.45, 2.75) is 25.1 Å². The summed E-state index contributed by atoms with van der Waals surface area (Å²) < 4.78 is 0. The molecule has 2 nitrogen and oxygen atoms in total. The lowest BCUT2D eigenvalue weighted by Crippen LogP contribution is -2.38. The Morgan fingerprint density at radius 3 is 2.67 bits per heavy atom. The first kappa shape index (κ1) is 13.7. The first-order valence-corrected chi connectivity index (χ1v) is 6.94. The average molecular weight is 286 g/mol.